The first-order valence-electron chi connectivity index (χ1n) is 15.0. The summed E-state index contributed by atoms with van der Waals surface area (Å²) in [6.07, 6.45) is 8.36. The Morgan fingerprint density at radius 1 is 1.02 bits per heavy atom. The van der Waals surface area contributed by atoms with Gasteiger partial charge in [0.05, 0.1) is 23.3 Å². The summed E-state index contributed by atoms with van der Waals surface area (Å²) < 4.78 is 6.09. The molecule has 1 atom stereocenters. The highest BCUT2D eigenvalue weighted by Crippen LogP contribution is 2.43. The largest absolute Gasteiger partial charge is 0.371 e. The standard InChI is InChI=1S/C32H42N6O2/c1-22-10-7-5-6-8-17-38(22)28-25-13-14-26(23-11-9-12-24(20-23)29(39)36-31(2,3)4)33-27(25)34-30(35-28)37-18-19-40-32(21-37)15-16-32/h9,11-14,20,22H,5-8,10,15-19,21H2,1-4H3,(H,36,39)/t22-/m0/s1. The summed E-state index contributed by atoms with van der Waals surface area (Å²) >= 11 is 0. The number of fused-ring (bicyclic) bond motifs is 1. The summed E-state index contributed by atoms with van der Waals surface area (Å²) in [5.74, 6) is 1.65. The van der Waals surface area contributed by atoms with Crippen LogP contribution < -0.4 is 15.1 Å². The maximum atomic E-state index is 12.9. The molecular formula is C32H42N6O2. The van der Waals surface area contributed by atoms with Crippen molar-refractivity contribution in [2.45, 2.75) is 89.8 Å². The van der Waals surface area contributed by atoms with Crippen LogP contribution in [0.5, 0.6) is 0 Å². The van der Waals surface area contributed by atoms with E-state index in [2.05, 4.69) is 28.1 Å². The molecule has 0 radical (unpaired) electrons. The van der Waals surface area contributed by atoms with Crippen molar-refractivity contribution in [1.29, 1.82) is 0 Å². The van der Waals surface area contributed by atoms with Crippen LogP contribution in [0.3, 0.4) is 0 Å². The highest BCUT2D eigenvalue weighted by molar-refractivity contribution is 5.96. The first-order chi connectivity index (χ1) is 19.2. The first kappa shape index (κ1) is 26.9. The van der Waals surface area contributed by atoms with Crippen LogP contribution in [0.1, 0.15) is 83.0 Å². The Bertz CT molecular complexity index is 1400. The Morgan fingerprint density at radius 3 is 2.65 bits per heavy atom. The quantitative estimate of drug-likeness (QED) is 0.450. The second-order valence-electron chi connectivity index (χ2n) is 12.9. The number of ether oxygens (including phenoxy) is 1. The zero-order valence-electron chi connectivity index (χ0n) is 24.4. The first-order valence-corrected chi connectivity index (χ1v) is 15.0. The SMILES string of the molecule is C[C@H]1CCCCCCN1c1nc(N2CCOC3(CC3)C2)nc2nc(-c3cccc(C(=O)NC(C)(C)C)c3)ccc12. The summed E-state index contributed by atoms with van der Waals surface area (Å²) in [4.78, 5) is 33.0. The summed E-state index contributed by atoms with van der Waals surface area (Å²) in [7, 11) is 0. The van der Waals surface area contributed by atoms with E-state index in [-0.39, 0.29) is 17.0 Å². The van der Waals surface area contributed by atoms with Gasteiger partial charge in [-0.15, -0.1) is 0 Å². The van der Waals surface area contributed by atoms with Gasteiger partial charge >= 0.3 is 0 Å². The molecule has 3 fully saturated rings. The maximum absolute atomic E-state index is 12.9. The molecule has 1 amide bonds. The van der Waals surface area contributed by atoms with Gasteiger partial charge in [-0.3, -0.25) is 4.79 Å². The predicted molar refractivity (Wildman–Crippen MR) is 160 cm³/mol. The van der Waals surface area contributed by atoms with Gasteiger partial charge in [0.2, 0.25) is 5.95 Å². The molecule has 1 saturated carbocycles. The number of nitrogens with one attached hydrogen (secondary N) is 1. The number of aromatic nitrogens is 3. The number of rotatable bonds is 4. The van der Waals surface area contributed by atoms with E-state index in [0.29, 0.717) is 23.9 Å². The fourth-order valence-corrected chi connectivity index (χ4v) is 5.96. The van der Waals surface area contributed by atoms with Crippen molar-refractivity contribution in [2.24, 2.45) is 0 Å². The number of carbonyl (C=O) groups is 1. The Balaban J connectivity index is 1.41. The predicted octanol–water partition coefficient (Wildman–Crippen LogP) is 5.75. The van der Waals surface area contributed by atoms with E-state index in [1.807, 2.05) is 51.1 Å². The van der Waals surface area contributed by atoms with Crippen LogP contribution in [0.25, 0.3) is 22.3 Å². The topological polar surface area (TPSA) is 83.5 Å². The number of hydrogen-bond donors (Lipinski definition) is 1. The Kier molecular flexibility index (Phi) is 7.15. The van der Waals surface area contributed by atoms with Crippen molar-refractivity contribution in [3.63, 3.8) is 0 Å². The minimum absolute atomic E-state index is 0.0200. The van der Waals surface area contributed by atoms with Gasteiger partial charge in [0, 0.05) is 42.3 Å². The van der Waals surface area contributed by atoms with Crippen molar-refractivity contribution in [3.8, 4) is 11.3 Å². The van der Waals surface area contributed by atoms with Crippen LogP contribution >= 0.6 is 0 Å². The summed E-state index contributed by atoms with van der Waals surface area (Å²) in [6, 6.07) is 12.2. The number of nitrogens with zero attached hydrogens (tertiary/aromatic N) is 5. The van der Waals surface area contributed by atoms with Crippen molar-refractivity contribution >= 4 is 28.7 Å². The van der Waals surface area contributed by atoms with Gasteiger partial charge < -0.3 is 19.9 Å². The lowest BCUT2D eigenvalue weighted by Crippen LogP contribution is -2.45. The van der Waals surface area contributed by atoms with Crippen LogP contribution in [-0.4, -0.2) is 64.3 Å². The lowest BCUT2D eigenvalue weighted by atomic mass is 10.0. The van der Waals surface area contributed by atoms with Crippen LogP contribution in [-0.2, 0) is 4.74 Å². The molecule has 1 N–H and O–H groups in total. The molecule has 8 nitrogen and oxygen atoms in total. The molecule has 6 rings (SSSR count). The molecule has 0 bridgehead atoms. The van der Waals surface area contributed by atoms with E-state index in [1.165, 1.54) is 25.7 Å². The molecule has 1 aromatic carbocycles. The highest BCUT2D eigenvalue weighted by atomic mass is 16.5. The Morgan fingerprint density at radius 2 is 1.85 bits per heavy atom. The number of hydrogen-bond acceptors (Lipinski definition) is 7. The van der Waals surface area contributed by atoms with Crippen LogP contribution in [0, 0.1) is 0 Å². The lowest BCUT2D eigenvalue weighted by Gasteiger charge is -2.36. The number of anilines is 2. The van der Waals surface area contributed by atoms with E-state index >= 15 is 0 Å². The number of amides is 1. The monoisotopic (exact) mass is 542 g/mol. The molecule has 212 valence electrons. The van der Waals surface area contributed by atoms with Gasteiger partial charge in [0.25, 0.3) is 5.91 Å². The smallest absolute Gasteiger partial charge is 0.251 e. The van der Waals surface area contributed by atoms with E-state index in [1.54, 1.807) is 0 Å². The number of morpholine rings is 1. The Labute approximate surface area is 237 Å². The molecule has 2 aromatic heterocycles. The molecule has 3 aromatic rings. The molecule has 0 unspecified atom stereocenters. The third kappa shape index (κ3) is 5.78. The van der Waals surface area contributed by atoms with Crippen LogP contribution in [0.2, 0.25) is 0 Å². The summed E-state index contributed by atoms with van der Waals surface area (Å²) in [5.41, 5.74) is 2.69. The van der Waals surface area contributed by atoms with E-state index < -0.39 is 0 Å². The number of pyridine rings is 1. The normalized spacial score (nSPS) is 21.2. The molecular weight excluding hydrogens is 500 g/mol. The van der Waals surface area contributed by atoms with Gasteiger partial charge in [-0.1, -0.05) is 31.4 Å². The van der Waals surface area contributed by atoms with E-state index in [4.69, 9.17) is 19.7 Å². The van der Waals surface area contributed by atoms with Crippen molar-refractivity contribution in [2.75, 3.05) is 36.0 Å². The number of benzene rings is 1. The van der Waals surface area contributed by atoms with Gasteiger partial charge in [-0.25, -0.2) is 4.98 Å². The van der Waals surface area contributed by atoms with Crippen molar-refractivity contribution in [3.05, 3.63) is 42.0 Å². The molecule has 1 aliphatic carbocycles. The van der Waals surface area contributed by atoms with Crippen molar-refractivity contribution in [1.82, 2.24) is 20.3 Å². The maximum Gasteiger partial charge on any atom is 0.251 e. The second kappa shape index (κ2) is 10.6. The van der Waals surface area contributed by atoms with Gasteiger partial charge in [-0.2, -0.15) is 9.97 Å². The summed E-state index contributed by atoms with van der Waals surface area (Å²) in [5, 5.41) is 4.04. The van der Waals surface area contributed by atoms with Crippen molar-refractivity contribution < 1.29 is 9.53 Å². The number of carbonyl (C=O) groups excluding carboxylic acids is 1. The fraction of sp³-hybridized carbons (Fsp3) is 0.562. The molecule has 2 aliphatic heterocycles. The second-order valence-corrected chi connectivity index (χ2v) is 12.9. The molecule has 8 heteroatoms. The van der Waals surface area contributed by atoms with Gasteiger partial charge in [0.15, 0.2) is 5.65 Å². The minimum Gasteiger partial charge on any atom is -0.371 e. The van der Waals surface area contributed by atoms with E-state index in [0.717, 1.165) is 67.3 Å². The highest BCUT2D eigenvalue weighted by Gasteiger charge is 2.48. The van der Waals surface area contributed by atoms with E-state index in [9.17, 15) is 4.79 Å². The molecule has 40 heavy (non-hydrogen) atoms. The zero-order valence-corrected chi connectivity index (χ0v) is 24.4. The lowest BCUT2D eigenvalue weighted by molar-refractivity contribution is 0.0201. The molecule has 1 spiro atoms. The third-order valence-corrected chi connectivity index (χ3v) is 8.35. The average molecular weight is 543 g/mol. The zero-order chi connectivity index (χ0) is 27.9. The molecule has 3 aliphatic rings. The van der Waals surface area contributed by atoms with Gasteiger partial charge in [-0.05, 0) is 77.6 Å². The van der Waals surface area contributed by atoms with Crippen LogP contribution in [0.4, 0.5) is 11.8 Å². The molecule has 4 heterocycles. The molecule has 2 saturated heterocycles. The fourth-order valence-electron chi connectivity index (χ4n) is 5.96. The summed E-state index contributed by atoms with van der Waals surface area (Å²) in [6.45, 7) is 11.6. The minimum atomic E-state index is -0.306. The van der Waals surface area contributed by atoms with Gasteiger partial charge in [0.1, 0.15) is 5.82 Å². The Hall–Kier alpha value is -3.26. The van der Waals surface area contributed by atoms with Crippen LogP contribution in [0.15, 0.2) is 36.4 Å². The third-order valence-electron chi connectivity index (χ3n) is 8.35. The average Bonchev–Trinajstić information content (AvgIpc) is 3.67.